The van der Waals surface area contributed by atoms with Crippen LogP contribution in [0.25, 0.3) is 5.65 Å². The van der Waals surface area contributed by atoms with Crippen LogP contribution >= 0.6 is 0 Å². The highest BCUT2D eigenvalue weighted by atomic mass is 32.2. The molecule has 27 heavy (non-hydrogen) atoms. The first-order valence-corrected chi connectivity index (χ1v) is 9.68. The predicted octanol–water partition coefficient (Wildman–Crippen LogP) is 1.22. The first kappa shape index (κ1) is 17.7. The zero-order valence-corrected chi connectivity index (χ0v) is 15.2. The molecule has 1 aliphatic rings. The number of rotatable bonds is 3. The summed E-state index contributed by atoms with van der Waals surface area (Å²) in [6, 6.07) is 2.41. The number of anilines is 1. The van der Waals surface area contributed by atoms with Crippen LogP contribution in [-0.2, 0) is 10.0 Å². The minimum absolute atomic E-state index is 0.119. The molecule has 0 saturated carbocycles. The lowest BCUT2D eigenvalue weighted by Gasteiger charge is -2.34. The van der Waals surface area contributed by atoms with Gasteiger partial charge in [0.2, 0.25) is 15.7 Å². The number of halogens is 2. The third-order valence-corrected chi connectivity index (χ3v) is 6.44. The molecule has 3 aromatic rings. The average molecular weight is 394 g/mol. The molecule has 0 aliphatic carbocycles. The monoisotopic (exact) mass is 394 g/mol. The summed E-state index contributed by atoms with van der Waals surface area (Å²) in [7, 11) is -4.12. The lowest BCUT2D eigenvalue weighted by atomic mass is 10.3. The van der Waals surface area contributed by atoms with E-state index in [9.17, 15) is 17.2 Å². The first-order valence-electron chi connectivity index (χ1n) is 8.24. The maximum absolute atomic E-state index is 13.9. The molecule has 11 heteroatoms. The summed E-state index contributed by atoms with van der Waals surface area (Å²) in [5, 5.41) is 8.14. The minimum Gasteiger partial charge on any atom is -0.351 e. The molecular weight excluding hydrogens is 378 g/mol. The number of nitrogens with zero attached hydrogens (tertiary/aromatic N) is 6. The third-order valence-electron chi connectivity index (χ3n) is 4.53. The highest BCUT2D eigenvalue weighted by Crippen LogP contribution is 2.24. The van der Waals surface area contributed by atoms with Gasteiger partial charge in [-0.1, -0.05) is 0 Å². The highest BCUT2D eigenvalue weighted by Gasteiger charge is 2.32. The van der Waals surface area contributed by atoms with Crippen molar-refractivity contribution in [1.29, 1.82) is 0 Å². The number of hydrogen-bond acceptors (Lipinski definition) is 6. The van der Waals surface area contributed by atoms with Crippen molar-refractivity contribution in [2.75, 3.05) is 31.1 Å². The van der Waals surface area contributed by atoms with Crippen LogP contribution in [0, 0.1) is 18.6 Å². The fourth-order valence-electron chi connectivity index (χ4n) is 3.11. The molecule has 1 saturated heterocycles. The van der Waals surface area contributed by atoms with Crippen molar-refractivity contribution in [3.8, 4) is 0 Å². The van der Waals surface area contributed by atoms with Crippen molar-refractivity contribution in [3.05, 3.63) is 48.1 Å². The molecule has 142 valence electrons. The molecule has 3 heterocycles. The maximum Gasteiger partial charge on any atom is 0.246 e. The van der Waals surface area contributed by atoms with E-state index in [1.807, 2.05) is 11.8 Å². The smallest absolute Gasteiger partial charge is 0.246 e. The molecule has 8 nitrogen and oxygen atoms in total. The van der Waals surface area contributed by atoms with Gasteiger partial charge in [-0.05, 0) is 25.1 Å². The van der Waals surface area contributed by atoms with Crippen molar-refractivity contribution in [2.45, 2.75) is 11.8 Å². The second-order valence-electron chi connectivity index (χ2n) is 6.16. The standard InChI is InChI=1S/C16H16F2N6O2S/c1-11-20-21-16-15(19-4-5-24(11)16)22-6-8-23(9-7-22)27(25,26)14-10-12(17)2-3-13(14)18/h2-5,10H,6-9H2,1H3. The normalized spacial score (nSPS) is 16.2. The molecule has 0 unspecified atom stereocenters. The van der Waals surface area contributed by atoms with Gasteiger partial charge in [0.15, 0.2) is 5.82 Å². The van der Waals surface area contributed by atoms with Gasteiger partial charge >= 0.3 is 0 Å². The summed E-state index contributed by atoms with van der Waals surface area (Å²) in [6.07, 6.45) is 3.38. The van der Waals surface area contributed by atoms with Crippen molar-refractivity contribution < 1.29 is 17.2 Å². The Balaban J connectivity index is 1.57. The van der Waals surface area contributed by atoms with Crippen LogP contribution in [0.4, 0.5) is 14.6 Å². The van der Waals surface area contributed by atoms with E-state index < -0.39 is 26.6 Å². The predicted molar refractivity (Wildman–Crippen MR) is 92.8 cm³/mol. The van der Waals surface area contributed by atoms with Gasteiger partial charge in [-0.25, -0.2) is 22.2 Å². The molecule has 0 amide bonds. The van der Waals surface area contributed by atoms with Gasteiger partial charge in [-0.15, -0.1) is 10.2 Å². The molecule has 2 aromatic heterocycles. The molecule has 1 aliphatic heterocycles. The van der Waals surface area contributed by atoms with Crippen LogP contribution in [0.5, 0.6) is 0 Å². The molecule has 0 bridgehead atoms. The Morgan fingerprint density at radius 3 is 2.56 bits per heavy atom. The molecule has 1 fully saturated rings. The Labute approximate surface area is 154 Å². The van der Waals surface area contributed by atoms with Crippen LogP contribution < -0.4 is 4.90 Å². The van der Waals surface area contributed by atoms with Gasteiger partial charge in [0, 0.05) is 38.6 Å². The van der Waals surface area contributed by atoms with Crippen LogP contribution in [0.1, 0.15) is 5.82 Å². The Morgan fingerprint density at radius 1 is 1.07 bits per heavy atom. The van der Waals surface area contributed by atoms with E-state index in [0.29, 0.717) is 30.6 Å². The summed E-state index contributed by atoms with van der Waals surface area (Å²) < 4.78 is 55.6. The molecule has 0 spiro atoms. The number of aryl methyl sites for hydroxylation is 1. The zero-order valence-electron chi connectivity index (χ0n) is 14.4. The van der Waals surface area contributed by atoms with Crippen molar-refractivity contribution in [2.24, 2.45) is 0 Å². The van der Waals surface area contributed by atoms with Crippen LogP contribution in [0.2, 0.25) is 0 Å². The fraction of sp³-hybridized carbons (Fsp3) is 0.312. The number of sulfonamides is 1. The first-order chi connectivity index (χ1) is 12.9. The van der Waals surface area contributed by atoms with E-state index in [2.05, 4.69) is 15.2 Å². The van der Waals surface area contributed by atoms with E-state index in [-0.39, 0.29) is 13.1 Å². The molecule has 0 N–H and O–H groups in total. The molecular formula is C16H16F2N6O2S. The number of aromatic nitrogens is 4. The summed E-state index contributed by atoms with van der Waals surface area (Å²) in [6.45, 7) is 2.74. The second-order valence-corrected chi connectivity index (χ2v) is 8.06. The summed E-state index contributed by atoms with van der Waals surface area (Å²) in [5.41, 5.74) is 0.586. The van der Waals surface area contributed by atoms with Crippen LogP contribution in [0.15, 0.2) is 35.5 Å². The summed E-state index contributed by atoms with van der Waals surface area (Å²) in [4.78, 5) is 5.59. The SMILES string of the molecule is Cc1nnc2c(N3CCN(S(=O)(=O)c4cc(F)ccc4F)CC3)nccn12. The third kappa shape index (κ3) is 3.02. The van der Waals surface area contributed by atoms with Gasteiger partial charge in [0.05, 0.1) is 0 Å². The lowest BCUT2D eigenvalue weighted by Crippen LogP contribution is -2.49. The van der Waals surface area contributed by atoms with Crippen molar-refractivity contribution >= 4 is 21.5 Å². The zero-order chi connectivity index (χ0) is 19.2. The van der Waals surface area contributed by atoms with Gasteiger partial charge in [-0.3, -0.25) is 4.40 Å². The van der Waals surface area contributed by atoms with E-state index in [1.165, 1.54) is 0 Å². The van der Waals surface area contributed by atoms with Crippen LogP contribution in [-0.4, -0.2) is 58.5 Å². The molecule has 0 atom stereocenters. The Hall–Kier alpha value is -2.66. The average Bonchev–Trinajstić information content (AvgIpc) is 3.05. The Bertz CT molecular complexity index is 1110. The van der Waals surface area contributed by atoms with E-state index in [0.717, 1.165) is 22.3 Å². The quantitative estimate of drug-likeness (QED) is 0.664. The highest BCUT2D eigenvalue weighted by molar-refractivity contribution is 7.89. The largest absolute Gasteiger partial charge is 0.351 e. The lowest BCUT2D eigenvalue weighted by molar-refractivity contribution is 0.381. The van der Waals surface area contributed by atoms with E-state index in [1.54, 1.807) is 16.8 Å². The summed E-state index contributed by atoms with van der Waals surface area (Å²) >= 11 is 0. The maximum atomic E-state index is 13.9. The Kier molecular flexibility index (Phi) is 4.27. The van der Waals surface area contributed by atoms with E-state index in [4.69, 9.17) is 0 Å². The minimum atomic E-state index is -4.12. The number of piperazine rings is 1. The molecule has 1 aromatic carbocycles. The molecule has 4 rings (SSSR count). The van der Waals surface area contributed by atoms with Gasteiger partial charge in [0.1, 0.15) is 22.4 Å². The van der Waals surface area contributed by atoms with Gasteiger partial charge in [-0.2, -0.15) is 4.31 Å². The van der Waals surface area contributed by atoms with E-state index >= 15 is 0 Å². The van der Waals surface area contributed by atoms with Gasteiger partial charge < -0.3 is 4.90 Å². The molecule has 0 radical (unpaired) electrons. The second kappa shape index (κ2) is 6.50. The fourth-order valence-corrected chi connectivity index (χ4v) is 4.60. The van der Waals surface area contributed by atoms with Crippen LogP contribution in [0.3, 0.4) is 0 Å². The number of hydrogen-bond donors (Lipinski definition) is 0. The summed E-state index contributed by atoms with van der Waals surface area (Å²) in [5.74, 6) is -0.445. The van der Waals surface area contributed by atoms with Crippen molar-refractivity contribution in [3.63, 3.8) is 0 Å². The Morgan fingerprint density at radius 2 is 1.81 bits per heavy atom. The van der Waals surface area contributed by atoms with Gasteiger partial charge in [0.25, 0.3) is 0 Å². The van der Waals surface area contributed by atoms with Crippen molar-refractivity contribution in [1.82, 2.24) is 23.9 Å². The number of benzene rings is 1. The number of fused-ring (bicyclic) bond motifs is 1. The topological polar surface area (TPSA) is 83.7 Å².